The van der Waals surface area contributed by atoms with Crippen LogP contribution in [0.25, 0.3) is 11.0 Å². The van der Waals surface area contributed by atoms with Gasteiger partial charge in [0.25, 0.3) is 5.56 Å². The lowest BCUT2D eigenvalue weighted by atomic mass is 9.96. The second kappa shape index (κ2) is 6.77. The van der Waals surface area contributed by atoms with E-state index in [0.29, 0.717) is 40.5 Å². The molecule has 2 rings (SSSR count). The summed E-state index contributed by atoms with van der Waals surface area (Å²) in [6.45, 7) is 5.95. The third kappa shape index (κ3) is 3.36. The SMILES string of the molecule is Cn1c(=O)c2c(SCCCC#N)nc(C(C)(C)C)nc2n(C)c1=O. The molecule has 0 aromatic carbocycles. The Morgan fingerprint density at radius 2 is 1.83 bits per heavy atom. The minimum atomic E-state index is -0.411. The Morgan fingerprint density at radius 1 is 1.17 bits per heavy atom. The van der Waals surface area contributed by atoms with Crippen LogP contribution < -0.4 is 11.2 Å². The number of thioether (sulfide) groups is 1. The predicted octanol–water partition coefficient (Wildman–Crippen LogP) is 1.72. The minimum absolute atomic E-state index is 0.312. The lowest BCUT2D eigenvalue weighted by Gasteiger charge is -2.19. The molecule has 128 valence electrons. The molecule has 0 unspecified atom stereocenters. The third-order valence-electron chi connectivity index (χ3n) is 3.61. The Balaban J connectivity index is 2.75. The van der Waals surface area contributed by atoms with E-state index in [4.69, 9.17) is 5.26 Å². The van der Waals surface area contributed by atoms with Crippen LogP contribution in [-0.2, 0) is 19.5 Å². The summed E-state index contributed by atoms with van der Waals surface area (Å²) in [6.07, 6.45) is 1.17. The number of nitriles is 1. The van der Waals surface area contributed by atoms with Gasteiger partial charge in [0.2, 0.25) is 0 Å². The zero-order valence-electron chi connectivity index (χ0n) is 14.6. The average Bonchev–Trinajstić information content (AvgIpc) is 2.53. The van der Waals surface area contributed by atoms with Crippen molar-refractivity contribution < 1.29 is 0 Å². The summed E-state index contributed by atoms with van der Waals surface area (Å²) in [5.41, 5.74) is -0.763. The third-order valence-corrected chi connectivity index (χ3v) is 4.67. The fourth-order valence-corrected chi connectivity index (χ4v) is 3.14. The van der Waals surface area contributed by atoms with Gasteiger partial charge in [-0.1, -0.05) is 20.8 Å². The van der Waals surface area contributed by atoms with Gasteiger partial charge in [-0.2, -0.15) is 5.26 Å². The predicted molar refractivity (Wildman–Crippen MR) is 94.3 cm³/mol. The van der Waals surface area contributed by atoms with Crippen LogP contribution in [0.5, 0.6) is 0 Å². The van der Waals surface area contributed by atoms with Gasteiger partial charge in [-0.25, -0.2) is 14.8 Å². The normalized spacial score (nSPS) is 11.7. The fraction of sp³-hybridized carbons (Fsp3) is 0.562. The summed E-state index contributed by atoms with van der Waals surface area (Å²) >= 11 is 1.43. The molecule has 7 nitrogen and oxygen atoms in total. The number of nitrogens with zero attached hydrogens (tertiary/aromatic N) is 5. The molecule has 2 heterocycles. The van der Waals surface area contributed by atoms with E-state index in [9.17, 15) is 9.59 Å². The van der Waals surface area contributed by atoms with Crippen molar-refractivity contribution in [2.75, 3.05) is 5.75 Å². The standard InChI is InChI=1S/C16H21N5O2S/c1-16(2,3)14-18-11-10(12(19-14)24-9-7-6-8-17)13(22)21(5)15(23)20(11)4/h6-7,9H2,1-5H3. The van der Waals surface area contributed by atoms with Crippen molar-refractivity contribution in [3.05, 3.63) is 26.7 Å². The van der Waals surface area contributed by atoms with Crippen molar-refractivity contribution in [2.45, 2.75) is 44.1 Å². The first-order chi connectivity index (χ1) is 11.2. The fourth-order valence-electron chi connectivity index (χ4n) is 2.19. The van der Waals surface area contributed by atoms with Crippen LogP contribution in [0.3, 0.4) is 0 Å². The van der Waals surface area contributed by atoms with Gasteiger partial charge in [0.1, 0.15) is 16.2 Å². The van der Waals surface area contributed by atoms with Crippen LogP contribution in [-0.4, -0.2) is 24.9 Å². The number of aromatic nitrogens is 4. The molecule has 0 radical (unpaired) electrons. The van der Waals surface area contributed by atoms with Crippen LogP contribution in [0.4, 0.5) is 0 Å². The highest BCUT2D eigenvalue weighted by Gasteiger charge is 2.23. The number of fused-ring (bicyclic) bond motifs is 1. The lowest BCUT2D eigenvalue weighted by Crippen LogP contribution is -2.38. The van der Waals surface area contributed by atoms with Gasteiger partial charge in [-0.05, 0) is 6.42 Å². The van der Waals surface area contributed by atoms with E-state index in [2.05, 4.69) is 16.0 Å². The second-order valence-corrected chi connectivity index (χ2v) is 7.70. The molecule has 2 aromatic heterocycles. The van der Waals surface area contributed by atoms with Gasteiger partial charge >= 0.3 is 5.69 Å². The molecule has 24 heavy (non-hydrogen) atoms. The Hall–Kier alpha value is -2.14. The van der Waals surface area contributed by atoms with Crippen molar-refractivity contribution >= 4 is 22.8 Å². The van der Waals surface area contributed by atoms with Crippen molar-refractivity contribution in [3.8, 4) is 6.07 Å². The van der Waals surface area contributed by atoms with Crippen LogP contribution >= 0.6 is 11.8 Å². The van der Waals surface area contributed by atoms with E-state index in [0.717, 1.165) is 4.57 Å². The largest absolute Gasteiger partial charge is 0.332 e. The highest BCUT2D eigenvalue weighted by molar-refractivity contribution is 7.99. The van der Waals surface area contributed by atoms with Gasteiger partial charge in [0, 0.05) is 31.7 Å². The molecule has 0 bridgehead atoms. The molecule has 0 amide bonds. The Morgan fingerprint density at radius 3 is 2.42 bits per heavy atom. The average molecular weight is 347 g/mol. The van der Waals surface area contributed by atoms with E-state index in [1.165, 1.54) is 23.4 Å². The molecule has 0 N–H and O–H groups in total. The molecule has 0 aliphatic heterocycles. The van der Waals surface area contributed by atoms with Crippen molar-refractivity contribution in [3.63, 3.8) is 0 Å². The molecule has 2 aromatic rings. The van der Waals surface area contributed by atoms with Gasteiger partial charge in [-0.15, -0.1) is 11.8 Å². The number of aryl methyl sites for hydroxylation is 1. The van der Waals surface area contributed by atoms with Gasteiger partial charge in [-0.3, -0.25) is 13.9 Å². The molecule has 8 heteroatoms. The summed E-state index contributed by atoms with van der Waals surface area (Å²) in [4.78, 5) is 33.8. The molecular weight excluding hydrogens is 326 g/mol. The Kier molecular flexibility index (Phi) is 5.13. The van der Waals surface area contributed by atoms with Gasteiger partial charge in [0.15, 0.2) is 5.65 Å². The Bertz CT molecular complexity index is 931. The molecule has 0 aliphatic rings. The zero-order chi connectivity index (χ0) is 18.1. The molecular formula is C16H21N5O2S. The Labute approximate surface area is 144 Å². The van der Waals surface area contributed by atoms with E-state index in [1.54, 1.807) is 7.05 Å². The smallest absolute Gasteiger partial charge is 0.280 e. The molecule has 0 saturated heterocycles. The van der Waals surface area contributed by atoms with Gasteiger partial charge < -0.3 is 0 Å². The maximum absolute atomic E-state index is 12.6. The summed E-state index contributed by atoms with van der Waals surface area (Å²) in [5, 5.41) is 9.58. The molecule has 0 aliphatic carbocycles. The first-order valence-corrected chi connectivity index (χ1v) is 8.65. The second-order valence-electron chi connectivity index (χ2n) is 6.62. The zero-order valence-corrected chi connectivity index (χ0v) is 15.4. The summed E-state index contributed by atoms with van der Waals surface area (Å²) in [5.74, 6) is 1.26. The van der Waals surface area contributed by atoms with Crippen molar-refractivity contribution in [1.29, 1.82) is 5.26 Å². The molecule has 0 atom stereocenters. The number of hydrogen-bond acceptors (Lipinski definition) is 6. The lowest BCUT2D eigenvalue weighted by molar-refractivity contribution is 0.539. The number of rotatable bonds is 4. The van der Waals surface area contributed by atoms with E-state index in [1.807, 2.05) is 20.8 Å². The molecule has 0 spiro atoms. The van der Waals surface area contributed by atoms with Crippen LogP contribution in [0, 0.1) is 11.3 Å². The minimum Gasteiger partial charge on any atom is -0.280 e. The van der Waals surface area contributed by atoms with Gasteiger partial charge in [0.05, 0.1) is 6.07 Å². The molecule has 0 saturated carbocycles. The summed E-state index contributed by atoms with van der Waals surface area (Å²) < 4.78 is 2.45. The first kappa shape index (κ1) is 18.2. The maximum atomic E-state index is 12.6. The number of hydrogen-bond donors (Lipinski definition) is 0. The van der Waals surface area contributed by atoms with E-state index >= 15 is 0 Å². The van der Waals surface area contributed by atoms with Crippen LogP contribution in [0.1, 0.15) is 39.4 Å². The maximum Gasteiger partial charge on any atom is 0.332 e. The summed E-state index contributed by atoms with van der Waals surface area (Å²) in [6, 6.07) is 2.11. The van der Waals surface area contributed by atoms with E-state index < -0.39 is 11.2 Å². The van der Waals surface area contributed by atoms with Crippen LogP contribution in [0.2, 0.25) is 0 Å². The van der Waals surface area contributed by atoms with Crippen LogP contribution in [0.15, 0.2) is 14.6 Å². The first-order valence-electron chi connectivity index (χ1n) is 7.66. The molecule has 0 fully saturated rings. The number of unbranched alkanes of at least 4 members (excludes halogenated alkanes) is 1. The van der Waals surface area contributed by atoms with Crippen molar-refractivity contribution in [1.82, 2.24) is 19.1 Å². The summed E-state index contributed by atoms with van der Waals surface area (Å²) in [7, 11) is 3.06. The van der Waals surface area contributed by atoms with Crippen molar-refractivity contribution in [2.24, 2.45) is 14.1 Å². The highest BCUT2D eigenvalue weighted by atomic mass is 32.2. The highest BCUT2D eigenvalue weighted by Crippen LogP contribution is 2.27. The topological polar surface area (TPSA) is 93.6 Å². The van der Waals surface area contributed by atoms with E-state index in [-0.39, 0.29) is 5.41 Å². The monoisotopic (exact) mass is 347 g/mol. The quantitative estimate of drug-likeness (QED) is 0.475.